The molecule has 1 heterocycles. The van der Waals surface area contributed by atoms with Gasteiger partial charge in [-0.15, -0.1) is 11.3 Å². The van der Waals surface area contributed by atoms with Crippen molar-refractivity contribution in [3.05, 3.63) is 45.4 Å². The summed E-state index contributed by atoms with van der Waals surface area (Å²) < 4.78 is 5.62. The summed E-state index contributed by atoms with van der Waals surface area (Å²) in [4.78, 5) is 4.13. The topological polar surface area (TPSA) is 42.4 Å². The molecule has 0 bridgehead atoms. The zero-order chi connectivity index (χ0) is 12.3. The minimum Gasteiger partial charge on any atom is -0.487 e. The van der Waals surface area contributed by atoms with E-state index in [1.165, 1.54) is 11.3 Å². The number of aromatic nitrogens is 1. The molecule has 2 rings (SSSR count). The molecule has 2 aromatic rings. The number of halogens is 1. The van der Waals surface area contributed by atoms with Gasteiger partial charge in [0.15, 0.2) is 0 Å². The van der Waals surface area contributed by atoms with Crippen LogP contribution in [0.2, 0.25) is 5.02 Å². The van der Waals surface area contributed by atoms with Crippen molar-refractivity contribution in [3.63, 3.8) is 0 Å². The van der Waals surface area contributed by atoms with E-state index in [2.05, 4.69) is 4.98 Å². The van der Waals surface area contributed by atoms with Gasteiger partial charge >= 0.3 is 0 Å². The highest BCUT2D eigenvalue weighted by Crippen LogP contribution is 2.28. The van der Waals surface area contributed by atoms with Gasteiger partial charge in [0, 0.05) is 16.0 Å². The lowest BCUT2D eigenvalue weighted by atomic mass is 10.1. The second kappa shape index (κ2) is 5.49. The molecule has 0 saturated carbocycles. The predicted molar refractivity (Wildman–Crippen MR) is 68.5 cm³/mol. The van der Waals surface area contributed by atoms with Gasteiger partial charge in [-0.3, -0.25) is 0 Å². The molecule has 0 aliphatic rings. The molecule has 0 saturated heterocycles. The Balaban J connectivity index is 2.14. The molecule has 17 heavy (non-hydrogen) atoms. The van der Waals surface area contributed by atoms with Crippen LogP contribution in [0.15, 0.2) is 29.1 Å². The summed E-state index contributed by atoms with van der Waals surface area (Å²) in [5.74, 6) is 0.636. The smallest absolute Gasteiger partial charge is 0.131 e. The molecule has 1 aromatic carbocycles. The number of benzene rings is 1. The van der Waals surface area contributed by atoms with Crippen LogP contribution in [0.25, 0.3) is 0 Å². The summed E-state index contributed by atoms with van der Waals surface area (Å²) >= 11 is 7.41. The molecular weight excluding hydrogens is 258 g/mol. The standard InChI is InChI=1S/C12H12ClNO2S/c1-8(15)11-4-9(13)2-3-12(11)16-5-10-6-17-7-14-10/h2-4,6-8,15H,5H2,1H3/t8-/m1/s1. The number of aliphatic hydroxyl groups is 1. The van der Waals surface area contributed by atoms with Crippen LogP contribution in [0.5, 0.6) is 5.75 Å². The number of rotatable bonds is 4. The average molecular weight is 270 g/mol. The molecule has 0 spiro atoms. The van der Waals surface area contributed by atoms with Crippen LogP contribution in [0.3, 0.4) is 0 Å². The number of ether oxygens (including phenoxy) is 1. The van der Waals surface area contributed by atoms with Crippen molar-refractivity contribution < 1.29 is 9.84 Å². The first-order chi connectivity index (χ1) is 8.16. The van der Waals surface area contributed by atoms with E-state index < -0.39 is 6.10 Å². The summed E-state index contributed by atoms with van der Waals surface area (Å²) in [6.45, 7) is 2.08. The zero-order valence-electron chi connectivity index (χ0n) is 9.26. The zero-order valence-corrected chi connectivity index (χ0v) is 10.8. The summed E-state index contributed by atoms with van der Waals surface area (Å²) in [7, 11) is 0. The predicted octanol–water partition coefficient (Wildman–Crippen LogP) is 3.43. The van der Waals surface area contributed by atoms with E-state index >= 15 is 0 Å². The highest BCUT2D eigenvalue weighted by atomic mass is 35.5. The average Bonchev–Trinajstić information content (AvgIpc) is 2.80. The first-order valence-corrected chi connectivity index (χ1v) is 6.46. The third kappa shape index (κ3) is 3.19. The van der Waals surface area contributed by atoms with E-state index in [0.717, 1.165) is 5.69 Å². The number of hydrogen-bond acceptors (Lipinski definition) is 4. The Kier molecular flexibility index (Phi) is 3.99. The fourth-order valence-corrected chi connectivity index (χ4v) is 2.16. The molecule has 3 nitrogen and oxygen atoms in total. The van der Waals surface area contributed by atoms with Crippen molar-refractivity contribution in [1.29, 1.82) is 0 Å². The van der Waals surface area contributed by atoms with Crippen molar-refractivity contribution in [2.24, 2.45) is 0 Å². The van der Waals surface area contributed by atoms with Gasteiger partial charge in [0.1, 0.15) is 12.4 Å². The maximum atomic E-state index is 9.63. The van der Waals surface area contributed by atoms with Crippen LogP contribution in [-0.2, 0) is 6.61 Å². The van der Waals surface area contributed by atoms with Gasteiger partial charge in [-0.2, -0.15) is 0 Å². The normalized spacial score (nSPS) is 12.4. The number of nitrogens with zero attached hydrogens (tertiary/aromatic N) is 1. The minimum absolute atomic E-state index is 0.394. The van der Waals surface area contributed by atoms with Gasteiger partial charge in [0.05, 0.1) is 17.3 Å². The highest BCUT2D eigenvalue weighted by molar-refractivity contribution is 7.07. The summed E-state index contributed by atoms with van der Waals surface area (Å²) in [5.41, 5.74) is 3.32. The summed E-state index contributed by atoms with van der Waals surface area (Å²) in [6, 6.07) is 5.21. The Hall–Kier alpha value is -1.10. The van der Waals surface area contributed by atoms with E-state index in [4.69, 9.17) is 16.3 Å². The lowest BCUT2D eigenvalue weighted by Crippen LogP contribution is -2.01. The maximum Gasteiger partial charge on any atom is 0.131 e. The fraction of sp³-hybridized carbons (Fsp3) is 0.250. The Morgan fingerprint density at radius 3 is 3.00 bits per heavy atom. The summed E-state index contributed by atoms with van der Waals surface area (Å²) in [6.07, 6.45) is -0.612. The molecular formula is C12H12ClNO2S. The Morgan fingerprint density at radius 2 is 2.35 bits per heavy atom. The maximum absolute atomic E-state index is 9.63. The van der Waals surface area contributed by atoms with Gasteiger partial charge in [0.2, 0.25) is 0 Å². The molecule has 1 atom stereocenters. The van der Waals surface area contributed by atoms with E-state index in [0.29, 0.717) is 22.9 Å². The molecule has 0 unspecified atom stereocenters. The molecule has 0 aliphatic carbocycles. The Labute approximate surface area is 109 Å². The molecule has 5 heteroatoms. The molecule has 90 valence electrons. The van der Waals surface area contributed by atoms with E-state index in [-0.39, 0.29) is 0 Å². The van der Waals surface area contributed by atoms with E-state index in [1.54, 1.807) is 30.6 Å². The van der Waals surface area contributed by atoms with Crippen molar-refractivity contribution in [1.82, 2.24) is 4.98 Å². The molecule has 1 aromatic heterocycles. The second-order valence-corrected chi connectivity index (χ2v) is 4.78. The van der Waals surface area contributed by atoms with Crippen molar-refractivity contribution >= 4 is 22.9 Å². The largest absolute Gasteiger partial charge is 0.487 e. The SMILES string of the molecule is C[C@@H](O)c1cc(Cl)ccc1OCc1cscn1. The van der Waals surface area contributed by atoms with E-state index in [1.807, 2.05) is 5.38 Å². The lowest BCUT2D eigenvalue weighted by Gasteiger charge is -2.13. The van der Waals surface area contributed by atoms with Crippen LogP contribution in [0.4, 0.5) is 0 Å². The van der Waals surface area contributed by atoms with Gasteiger partial charge in [-0.05, 0) is 25.1 Å². The lowest BCUT2D eigenvalue weighted by molar-refractivity contribution is 0.190. The molecule has 1 N–H and O–H groups in total. The minimum atomic E-state index is -0.612. The van der Waals surface area contributed by atoms with E-state index in [9.17, 15) is 5.11 Å². The van der Waals surface area contributed by atoms with Gasteiger partial charge in [0.25, 0.3) is 0 Å². The molecule has 0 amide bonds. The first kappa shape index (κ1) is 12.4. The third-order valence-electron chi connectivity index (χ3n) is 2.28. The van der Waals surface area contributed by atoms with Crippen LogP contribution in [0, 0.1) is 0 Å². The molecule has 0 radical (unpaired) electrons. The van der Waals surface area contributed by atoms with Crippen LogP contribution in [-0.4, -0.2) is 10.1 Å². The third-order valence-corrected chi connectivity index (χ3v) is 3.15. The second-order valence-electron chi connectivity index (χ2n) is 3.63. The Morgan fingerprint density at radius 1 is 1.53 bits per heavy atom. The van der Waals surface area contributed by atoms with Crippen LogP contribution < -0.4 is 4.74 Å². The molecule has 0 aliphatic heterocycles. The van der Waals surface area contributed by atoms with Crippen LogP contribution >= 0.6 is 22.9 Å². The Bertz CT molecular complexity index is 485. The summed E-state index contributed by atoms with van der Waals surface area (Å²) in [5, 5.41) is 12.1. The number of aliphatic hydroxyl groups excluding tert-OH is 1. The quantitative estimate of drug-likeness (QED) is 0.925. The monoisotopic (exact) mass is 269 g/mol. The van der Waals surface area contributed by atoms with Crippen LogP contribution in [0.1, 0.15) is 24.3 Å². The van der Waals surface area contributed by atoms with Crippen molar-refractivity contribution in [2.45, 2.75) is 19.6 Å². The van der Waals surface area contributed by atoms with Crippen molar-refractivity contribution in [2.75, 3.05) is 0 Å². The van der Waals surface area contributed by atoms with Gasteiger partial charge in [-0.1, -0.05) is 11.6 Å². The van der Waals surface area contributed by atoms with Gasteiger partial charge in [-0.25, -0.2) is 4.98 Å². The highest BCUT2D eigenvalue weighted by Gasteiger charge is 2.10. The van der Waals surface area contributed by atoms with Gasteiger partial charge < -0.3 is 9.84 Å². The fourth-order valence-electron chi connectivity index (χ4n) is 1.44. The van der Waals surface area contributed by atoms with Crippen molar-refractivity contribution in [3.8, 4) is 5.75 Å². The molecule has 0 fully saturated rings. The first-order valence-electron chi connectivity index (χ1n) is 5.14. The number of thiazole rings is 1. The number of hydrogen-bond donors (Lipinski definition) is 1.